The first kappa shape index (κ1) is 13.6. The molecule has 0 radical (unpaired) electrons. The molecular weight excluding hydrogens is 218 g/mol. The van der Waals surface area contributed by atoms with Crippen LogP contribution in [-0.4, -0.2) is 6.04 Å². The first-order valence-corrected chi connectivity index (χ1v) is 7.69. The van der Waals surface area contributed by atoms with E-state index in [2.05, 4.69) is 36.5 Å². The van der Waals surface area contributed by atoms with Gasteiger partial charge in [0.25, 0.3) is 0 Å². The van der Waals surface area contributed by atoms with Gasteiger partial charge in [-0.2, -0.15) is 0 Å². The van der Waals surface area contributed by atoms with Crippen LogP contribution in [-0.2, 0) is 13.0 Å². The first-order chi connectivity index (χ1) is 8.88. The fourth-order valence-corrected chi connectivity index (χ4v) is 2.82. The minimum atomic E-state index is 0.746. The van der Waals surface area contributed by atoms with Gasteiger partial charge in [-0.1, -0.05) is 63.3 Å². The van der Waals surface area contributed by atoms with Crippen molar-refractivity contribution in [3.8, 4) is 0 Å². The van der Waals surface area contributed by atoms with Crippen LogP contribution in [0.25, 0.3) is 0 Å². The van der Waals surface area contributed by atoms with E-state index in [0.717, 1.165) is 19.0 Å². The Bertz CT molecular complexity index is 320. The third kappa shape index (κ3) is 4.45. The number of aryl methyl sites for hydroxylation is 1. The second-order valence-electron chi connectivity index (χ2n) is 5.59. The number of hydrogen-bond donors (Lipinski definition) is 1. The van der Waals surface area contributed by atoms with Crippen molar-refractivity contribution in [1.29, 1.82) is 0 Å². The standard InChI is InChI=1S/C17H27N/c1-2-15-10-12-16(13-11-15)14-18-17-8-6-4-3-5-7-9-17/h10-13,17-18H,2-9,14H2,1H3. The third-order valence-electron chi connectivity index (χ3n) is 4.13. The highest BCUT2D eigenvalue weighted by molar-refractivity contribution is 5.22. The average Bonchev–Trinajstić information content (AvgIpc) is 2.38. The van der Waals surface area contributed by atoms with Crippen molar-refractivity contribution in [2.24, 2.45) is 0 Å². The van der Waals surface area contributed by atoms with Gasteiger partial charge in [-0.05, 0) is 30.4 Å². The van der Waals surface area contributed by atoms with Crippen molar-refractivity contribution >= 4 is 0 Å². The van der Waals surface area contributed by atoms with Crippen LogP contribution >= 0.6 is 0 Å². The molecule has 0 spiro atoms. The van der Waals surface area contributed by atoms with Gasteiger partial charge >= 0.3 is 0 Å². The van der Waals surface area contributed by atoms with Crippen LogP contribution in [0.2, 0.25) is 0 Å². The summed E-state index contributed by atoms with van der Waals surface area (Å²) in [5.41, 5.74) is 2.86. The molecule has 0 aromatic heterocycles. The molecule has 1 fully saturated rings. The highest BCUT2D eigenvalue weighted by atomic mass is 14.9. The Kier molecular flexibility index (Phi) is 5.73. The maximum atomic E-state index is 3.74. The molecule has 0 saturated heterocycles. The van der Waals surface area contributed by atoms with Gasteiger partial charge in [0, 0.05) is 12.6 Å². The van der Waals surface area contributed by atoms with E-state index in [4.69, 9.17) is 0 Å². The Morgan fingerprint density at radius 2 is 1.44 bits per heavy atom. The second kappa shape index (κ2) is 7.58. The van der Waals surface area contributed by atoms with Gasteiger partial charge in [0.1, 0.15) is 0 Å². The number of benzene rings is 1. The van der Waals surface area contributed by atoms with Crippen molar-refractivity contribution in [2.45, 2.75) is 70.9 Å². The normalized spacial score (nSPS) is 18.3. The van der Waals surface area contributed by atoms with E-state index < -0.39 is 0 Å². The van der Waals surface area contributed by atoms with Crippen LogP contribution in [0.3, 0.4) is 0 Å². The number of rotatable bonds is 4. The summed E-state index contributed by atoms with van der Waals surface area (Å²) in [5, 5.41) is 3.74. The smallest absolute Gasteiger partial charge is 0.0208 e. The zero-order valence-corrected chi connectivity index (χ0v) is 11.8. The predicted octanol–water partition coefficient (Wildman–Crippen LogP) is 4.45. The molecule has 100 valence electrons. The topological polar surface area (TPSA) is 12.0 Å². The van der Waals surface area contributed by atoms with Crippen LogP contribution in [0.4, 0.5) is 0 Å². The van der Waals surface area contributed by atoms with Gasteiger partial charge in [0.2, 0.25) is 0 Å². The van der Waals surface area contributed by atoms with Crippen LogP contribution in [0.1, 0.15) is 63.0 Å². The lowest BCUT2D eigenvalue weighted by molar-refractivity contribution is 0.389. The largest absolute Gasteiger partial charge is 0.310 e. The van der Waals surface area contributed by atoms with Gasteiger partial charge < -0.3 is 5.32 Å². The minimum absolute atomic E-state index is 0.746. The molecule has 1 saturated carbocycles. The van der Waals surface area contributed by atoms with Crippen molar-refractivity contribution in [3.63, 3.8) is 0 Å². The molecule has 1 nitrogen and oxygen atoms in total. The van der Waals surface area contributed by atoms with Gasteiger partial charge in [-0.25, -0.2) is 0 Å². The summed E-state index contributed by atoms with van der Waals surface area (Å²) in [5.74, 6) is 0. The lowest BCUT2D eigenvalue weighted by Crippen LogP contribution is -2.29. The van der Waals surface area contributed by atoms with E-state index in [1.807, 2.05) is 0 Å². The van der Waals surface area contributed by atoms with Gasteiger partial charge in [0.05, 0.1) is 0 Å². The molecule has 2 rings (SSSR count). The van der Waals surface area contributed by atoms with Crippen molar-refractivity contribution in [1.82, 2.24) is 5.32 Å². The molecule has 1 aromatic carbocycles. The van der Waals surface area contributed by atoms with E-state index in [1.54, 1.807) is 0 Å². The summed E-state index contributed by atoms with van der Waals surface area (Å²) in [6, 6.07) is 9.81. The summed E-state index contributed by atoms with van der Waals surface area (Å²) in [7, 11) is 0. The Hall–Kier alpha value is -0.820. The van der Waals surface area contributed by atoms with Gasteiger partial charge in [-0.3, -0.25) is 0 Å². The molecule has 0 amide bonds. The molecule has 1 aromatic rings. The van der Waals surface area contributed by atoms with Gasteiger partial charge in [-0.15, -0.1) is 0 Å². The zero-order chi connectivity index (χ0) is 12.6. The van der Waals surface area contributed by atoms with Crippen molar-refractivity contribution in [2.75, 3.05) is 0 Å². The molecule has 1 aliphatic carbocycles. The van der Waals surface area contributed by atoms with Crippen LogP contribution in [0.5, 0.6) is 0 Å². The molecule has 0 aliphatic heterocycles. The van der Waals surface area contributed by atoms with Crippen molar-refractivity contribution in [3.05, 3.63) is 35.4 Å². The minimum Gasteiger partial charge on any atom is -0.310 e. The number of hydrogen-bond acceptors (Lipinski definition) is 1. The summed E-state index contributed by atoms with van der Waals surface area (Å²) < 4.78 is 0. The highest BCUT2D eigenvalue weighted by Crippen LogP contribution is 2.17. The van der Waals surface area contributed by atoms with E-state index >= 15 is 0 Å². The van der Waals surface area contributed by atoms with Crippen molar-refractivity contribution < 1.29 is 0 Å². The van der Waals surface area contributed by atoms with Crippen LogP contribution in [0, 0.1) is 0 Å². The molecule has 18 heavy (non-hydrogen) atoms. The van der Waals surface area contributed by atoms with Crippen LogP contribution in [0.15, 0.2) is 24.3 Å². The maximum absolute atomic E-state index is 3.74. The number of nitrogens with one attached hydrogen (secondary N) is 1. The second-order valence-corrected chi connectivity index (χ2v) is 5.59. The molecule has 0 bridgehead atoms. The Balaban J connectivity index is 1.78. The van der Waals surface area contributed by atoms with Gasteiger partial charge in [0.15, 0.2) is 0 Å². The molecule has 0 atom stereocenters. The monoisotopic (exact) mass is 245 g/mol. The average molecular weight is 245 g/mol. The highest BCUT2D eigenvalue weighted by Gasteiger charge is 2.10. The summed E-state index contributed by atoms with van der Waals surface area (Å²) in [6.07, 6.45) is 11.0. The fraction of sp³-hybridized carbons (Fsp3) is 0.647. The molecule has 1 aliphatic rings. The third-order valence-corrected chi connectivity index (χ3v) is 4.13. The van der Waals surface area contributed by atoms with E-state index in [9.17, 15) is 0 Å². The Morgan fingerprint density at radius 1 is 0.889 bits per heavy atom. The molecule has 0 unspecified atom stereocenters. The fourth-order valence-electron chi connectivity index (χ4n) is 2.82. The SMILES string of the molecule is CCc1ccc(CNC2CCCCCCC2)cc1. The molecule has 1 heteroatoms. The predicted molar refractivity (Wildman–Crippen MR) is 78.8 cm³/mol. The molecule has 1 N–H and O–H groups in total. The quantitative estimate of drug-likeness (QED) is 0.826. The van der Waals surface area contributed by atoms with E-state index in [1.165, 1.54) is 56.1 Å². The zero-order valence-electron chi connectivity index (χ0n) is 11.8. The molecular formula is C17H27N. The first-order valence-electron chi connectivity index (χ1n) is 7.69. The lowest BCUT2D eigenvalue weighted by Gasteiger charge is -2.21. The summed E-state index contributed by atoms with van der Waals surface area (Å²) in [6.45, 7) is 3.25. The Labute approximate surface area is 112 Å². The summed E-state index contributed by atoms with van der Waals surface area (Å²) in [4.78, 5) is 0. The maximum Gasteiger partial charge on any atom is 0.0208 e. The lowest BCUT2D eigenvalue weighted by atomic mass is 9.96. The molecule has 0 heterocycles. The summed E-state index contributed by atoms with van der Waals surface area (Å²) >= 11 is 0. The van der Waals surface area contributed by atoms with Crippen LogP contribution < -0.4 is 5.32 Å². The van der Waals surface area contributed by atoms with E-state index in [-0.39, 0.29) is 0 Å². The Morgan fingerprint density at radius 3 is 2.06 bits per heavy atom. The van der Waals surface area contributed by atoms with E-state index in [0.29, 0.717) is 0 Å².